The molecule has 0 aliphatic heterocycles. The molecular formula is C21H24N2O2S. The lowest BCUT2D eigenvalue weighted by atomic mass is 10.1. The first-order valence-corrected chi connectivity index (χ1v) is 8.93. The molecule has 0 aliphatic rings. The minimum Gasteiger partial charge on any atom is -0.493 e. The van der Waals surface area contributed by atoms with Crippen molar-refractivity contribution in [3.63, 3.8) is 0 Å². The molecule has 2 rings (SSSR count). The summed E-state index contributed by atoms with van der Waals surface area (Å²) in [5.41, 5.74) is 2.92. The second-order valence-corrected chi connectivity index (χ2v) is 6.82. The van der Waals surface area contributed by atoms with Gasteiger partial charge in [-0.2, -0.15) is 0 Å². The van der Waals surface area contributed by atoms with Gasteiger partial charge in [-0.3, -0.25) is 10.1 Å². The summed E-state index contributed by atoms with van der Waals surface area (Å²) in [6.45, 7) is 6.90. The van der Waals surface area contributed by atoms with Gasteiger partial charge in [0.25, 0.3) is 0 Å². The third-order valence-electron chi connectivity index (χ3n) is 3.44. The number of aryl methyl sites for hydroxylation is 1. The molecule has 4 nitrogen and oxygen atoms in total. The number of amides is 1. The topological polar surface area (TPSA) is 50.4 Å². The van der Waals surface area contributed by atoms with Gasteiger partial charge in [0, 0.05) is 11.8 Å². The van der Waals surface area contributed by atoms with E-state index in [1.807, 2.05) is 55.5 Å². The van der Waals surface area contributed by atoms with Crippen LogP contribution in [0, 0.1) is 12.8 Å². The van der Waals surface area contributed by atoms with Crippen LogP contribution in [0.1, 0.15) is 25.0 Å². The Hall–Kier alpha value is -2.66. The highest BCUT2D eigenvalue weighted by molar-refractivity contribution is 7.80. The Bertz CT molecular complexity index is 766. The van der Waals surface area contributed by atoms with E-state index >= 15 is 0 Å². The lowest BCUT2D eigenvalue weighted by molar-refractivity contribution is -0.115. The molecule has 0 fully saturated rings. The maximum atomic E-state index is 11.9. The number of carbonyl (C=O) groups is 1. The Labute approximate surface area is 160 Å². The highest BCUT2D eigenvalue weighted by Gasteiger charge is 2.03. The van der Waals surface area contributed by atoms with Crippen molar-refractivity contribution in [1.29, 1.82) is 0 Å². The first-order valence-electron chi connectivity index (χ1n) is 8.52. The van der Waals surface area contributed by atoms with Gasteiger partial charge in [0.15, 0.2) is 5.11 Å². The second kappa shape index (κ2) is 9.73. The normalized spacial score (nSPS) is 10.8. The van der Waals surface area contributed by atoms with Crippen LogP contribution in [0.15, 0.2) is 54.6 Å². The maximum Gasteiger partial charge on any atom is 0.250 e. The molecule has 2 aromatic carbocycles. The number of carbonyl (C=O) groups excluding carboxylic acids is 1. The van der Waals surface area contributed by atoms with Crippen LogP contribution < -0.4 is 15.4 Å². The van der Waals surface area contributed by atoms with Crippen molar-refractivity contribution >= 4 is 35.0 Å². The molecule has 2 N–H and O–H groups in total. The highest BCUT2D eigenvalue weighted by Crippen LogP contribution is 2.16. The summed E-state index contributed by atoms with van der Waals surface area (Å²) in [5.74, 6) is 1.00. The molecule has 0 unspecified atom stereocenters. The molecule has 0 saturated carbocycles. The van der Waals surface area contributed by atoms with Gasteiger partial charge < -0.3 is 10.1 Å². The first-order chi connectivity index (χ1) is 12.4. The van der Waals surface area contributed by atoms with E-state index in [9.17, 15) is 4.79 Å². The van der Waals surface area contributed by atoms with Crippen molar-refractivity contribution in [3.05, 3.63) is 65.7 Å². The molecule has 5 heteroatoms. The van der Waals surface area contributed by atoms with E-state index in [-0.39, 0.29) is 11.0 Å². The van der Waals surface area contributed by atoms with Crippen LogP contribution in [-0.4, -0.2) is 17.6 Å². The summed E-state index contributed by atoms with van der Waals surface area (Å²) in [5, 5.41) is 5.86. The zero-order valence-electron chi connectivity index (χ0n) is 15.3. The fourth-order valence-corrected chi connectivity index (χ4v) is 2.28. The Morgan fingerprint density at radius 1 is 1.12 bits per heavy atom. The Morgan fingerprint density at radius 2 is 1.77 bits per heavy atom. The summed E-state index contributed by atoms with van der Waals surface area (Å²) in [6.07, 6.45) is 3.21. The van der Waals surface area contributed by atoms with E-state index in [1.54, 1.807) is 6.08 Å². The molecule has 1 amide bonds. The van der Waals surface area contributed by atoms with E-state index in [0.29, 0.717) is 12.5 Å². The Kier molecular flexibility index (Phi) is 7.36. The van der Waals surface area contributed by atoms with Gasteiger partial charge in [0.1, 0.15) is 5.75 Å². The van der Waals surface area contributed by atoms with Gasteiger partial charge in [0.05, 0.1) is 6.61 Å². The minimum atomic E-state index is -0.278. The molecular weight excluding hydrogens is 344 g/mol. The third-order valence-corrected chi connectivity index (χ3v) is 3.64. The van der Waals surface area contributed by atoms with Gasteiger partial charge in [0.2, 0.25) is 5.91 Å². The number of hydrogen-bond donors (Lipinski definition) is 2. The summed E-state index contributed by atoms with van der Waals surface area (Å²) in [4.78, 5) is 11.9. The molecule has 2 aromatic rings. The van der Waals surface area contributed by atoms with Crippen molar-refractivity contribution in [2.24, 2.45) is 5.92 Å². The molecule has 0 aromatic heterocycles. The van der Waals surface area contributed by atoms with Gasteiger partial charge in [-0.05, 0) is 61.0 Å². The Morgan fingerprint density at radius 3 is 2.38 bits per heavy atom. The highest BCUT2D eigenvalue weighted by atomic mass is 32.1. The number of ether oxygens (including phenoxy) is 1. The number of nitrogens with one attached hydrogen (secondary N) is 2. The number of benzene rings is 2. The molecule has 26 heavy (non-hydrogen) atoms. The van der Waals surface area contributed by atoms with Crippen LogP contribution in [0.2, 0.25) is 0 Å². The zero-order valence-corrected chi connectivity index (χ0v) is 16.1. The van der Waals surface area contributed by atoms with E-state index in [2.05, 4.69) is 24.5 Å². The van der Waals surface area contributed by atoms with Crippen molar-refractivity contribution in [2.45, 2.75) is 20.8 Å². The predicted molar refractivity (Wildman–Crippen MR) is 111 cm³/mol. The monoisotopic (exact) mass is 368 g/mol. The maximum absolute atomic E-state index is 11.9. The van der Waals surface area contributed by atoms with Crippen molar-refractivity contribution in [1.82, 2.24) is 5.32 Å². The molecule has 0 atom stereocenters. The summed E-state index contributed by atoms with van der Waals surface area (Å²) >= 11 is 5.17. The molecule has 136 valence electrons. The zero-order chi connectivity index (χ0) is 18.9. The molecule has 0 aliphatic carbocycles. The largest absolute Gasteiger partial charge is 0.493 e. The minimum absolute atomic E-state index is 0.249. The molecule has 0 spiro atoms. The first kappa shape index (κ1) is 19.7. The van der Waals surface area contributed by atoms with E-state index < -0.39 is 0 Å². The smallest absolute Gasteiger partial charge is 0.250 e. The summed E-state index contributed by atoms with van der Waals surface area (Å²) < 4.78 is 5.63. The number of thiocarbonyl (C=S) groups is 1. The summed E-state index contributed by atoms with van der Waals surface area (Å²) in [7, 11) is 0. The predicted octanol–water partition coefficient (Wildman–Crippen LogP) is 4.56. The fraction of sp³-hybridized carbons (Fsp3) is 0.238. The lowest BCUT2D eigenvalue weighted by Gasteiger charge is -2.11. The van der Waals surface area contributed by atoms with Crippen molar-refractivity contribution < 1.29 is 9.53 Å². The molecule has 0 saturated heterocycles. The SMILES string of the molecule is Cc1ccc(C=CC(=O)NC(=S)Nc2ccc(OCC(C)C)cc2)cc1. The van der Waals surface area contributed by atoms with E-state index in [0.717, 1.165) is 17.0 Å². The average molecular weight is 369 g/mol. The van der Waals surface area contributed by atoms with Crippen LogP contribution in [-0.2, 0) is 4.79 Å². The van der Waals surface area contributed by atoms with Gasteiger partial charge >= 0.3 is 0 Å². The van der Waals surface area contributed by atoms with Crippen LogP contribution in [0.5, 0.6) is 5.75 Å². The third kappa shape index (κ3) is 7.07. The number of hydrogen-bond acceptors (Lipinski definition) is 3. The van der Waals surface area contributed by atoms with Crippen molar-refractivity contribution in [3.8, 4) is 5.75 Å². The van der Waals surface area contributed by atoms with E-state index in [4.69, 9.17) is 17.0 Å². The standard InChI is InChI=1S/C21H24N2O2S/c1-15(2)14-25-19-11-9-18(10-12-19)22-21(26)23-20(24)13-8-17-6-4-16(3)5-7-17/h4-13,15H,14H2,1-3H3,(H2,22,23,24,26). The fourth-order valence-electron chi connectivity index (χ4n) is 2.06. The van der Waals surface area contributed by atoms with E-state index in [1.165, 1.54) is 11.6 Å². The van der Waals surface area contributed by atoms with Crippen LogP contribution in [0.3, 0.4) is 0 Å². The Balaban J connectivity index is 1.82. The summed E-state index contributed by atoms with van der Waals surface area (Å²) in [6, 6.07) is 15.4. The molecule has 0 bridgehead atoms. The van der Waals surface area contributed by atoms with Crippen LogP contribution in [0.25, 0.3) is 6.08 Å². The average Bonchev–Trinajstić information content (AvgIpc) is 2.60. The van der Waals surface area contributed by atoms with Crippen LogP contribution >= 0.6 is 12.2 Å². The van der Waals surface area contributed by atoms with Gasteiger partial charge in [-0.1, -0.05) is 43.7 Å². The quantitative estimate of drug-likeness (QED) is 0.580. The van der Waals surface area contributed by atoms with Gasteiger partial charge in [-0.25, -0.2) is 0 Å². The van der Waals surface area contributed by atoms with Gasteiger partial charge in [-0.15, -0.1) is 0 Å². The van der Waals surface area contributed by atoms with Crippen molar-refractivity contribution in [2.75, 3.05) is 11.9 Å². The number of anilines is 1. The second-order valence-electron chi connectivity index (χ2n) is 6.42. The molecule has 0 heterocycles. The lowest BCUT2D eigenvalue weighted by Crippen LogP contribution is -2.32. The number of rotatable bonds is 6. The molecule has 0 radical (unpaired) electrons. The van der Waals surface area contributed by atoms with Crippen LogP contribution in [0.4, 0.5) is 5.69 Å².